The third-order valence-corrected chi connectivity index (χ3v) is 5.22. The van der Waals surface area contributed by atoms with Crippen LogP contribution in [0.1, 0.15) is 55.2 Å². The Bertz CT molecular complexity index is 763. The van der Waals surface area contributed by atoms with Crippen LogP contribution in [0.5, 0.6) is 0 Å². The van der Waals surface area contributed by atoms with Gasteiger partial charge in [-0.25, -0.2) is 9.50 Å². The maximum Gasteiger partial charge on any atom is 0.272 e. The maximum atomic E-state index is 13.0. The Hall–Kier alpha value is -2.02. The molecule has 2 fully saturated rings. The van der Waals surface area contributed by atoms with Crippen molar-refractivity contribution in [3.63, 3.8) is 0 Å². The Kier molecular flexibility index (Phi) is 3.75. The molecule has 0 radical (unpaired) electrons. The molecule has 0 bridgehead atoms. The van der Waals surface area contributed by atoms with Gasteiger partial charge in [0.2, 0.25) is 0 Å². The molecule has 2 aromatic rings. The minimum Gasteiger partial charge on any atom is -0.381 e. The highest BCUT2D eigenvalue weighted by Crippen LogP contribution is 2.38. The van der Waals surface area contributed by atoms with Gasteiger partial charge < -0.3 is 9.64 Å². The van der Waals surface area contributed by atoms with Gasteiger partial charge in [-0.1, -0.05) is 13.8 Å². The van der Waals surface area contributed by atoms with Gasteiger partial charge in [-0.3, -0.25) is 4.79 Å². The van der Waals surface area contributed by atoms with E-state index >= 15 is 0 Å². The molecule has 0 aromatic carbocycles. The van der Waals surface area contributed by atoms with Gasteiger partial charge in [0, 0.05) is 25.1 Å². The Labute approximate surface area is 141 Å². The lowest BCUT2D eigenvalue weighted by Gasteiger charge is -2.39. The molecule has 0 aliphatic carbocycles. The van der Waals surface area contributed by atoms with Crippen LogP contribution in [0.15, 0.2) is 12.4 Å². The maximum absolute atomic E-state index is 13.0. The zero-order valence-electron chi connectivity index (χ0n) is 14.2. The number of likely N-dealkylation sites (tertiary alicyclic amines) is 1. The van der Waals surface area contributed by atoms with Gasteiger partial charge in [-0.15, -0.1) is 0 Å². The predicted molar refractivity (Wildman–Crippen MR) is 87.9 cm³/mol. The first kappa shape index (κ1) is 15.5. The Morgan fingerprint density at radius 2 is 2.25 bits per heavy atom. The Morgan fingerprint density at radius 3 is 3.00 bits per heavy atom. The zero-order valence-corrected chi connectivity index (χ0v) is 14.2. The number of nitrogens with zero attached hydrogens (tertiary/aromatic N) is 5. The first-order chi connectivity index (χ1) is 11.6. The minimum atomic E-state index is -0.00613. The highest BCUT2D eigenvalue weighted by molar-refractivity contribution is 5.93. The van der Waals surface area contributed by atoms with Crippen molar-refractivity contribution >= 4 is 11.7 Å². The lowest BCUT2D eigenvalue weighted by Crippen LogP contribution is -2.46. The number of carbonyl (C=O) groups is 1. The van der Waals surface area contributed by atoms with E-state index in [2.05, 4.69) is 28.9 Å². The molecule has 0 N–H and O–H groups in total. The molecule has 0 unspecified atom stereocenters. The van der Waals surface area contributed by atoms with Crippen LogP contribution in [0.25, 0.3) is 5.78 Å². The molecule has 2 aromatic heterocycles. The van der Waals surface area contributed by atoms with E-state index in [1.807, 2.05) is 11.0 Å². The molecule has 7 nitrogen and oxygen atoms in total. The van der Waals surface area contributed by atoms with Gasteiger partial charge in [0.25, 0.3) is 11.7 Å². The van der Waals surface area contributed by atoms with Crippen molar-refractivity contribution < 1.29 is 9.53 Å². The largest absolute Gasteiger partial charge is 0.381 e. The van der Waals surface area contributed by atoms with Crippen molar-refractivity contribution in [2.45, 2.75) is 39.0 Å². The first-order valence-electron chi connectivity index (χ1n) is 8.66. The summed E-state index contributed by atoms with van der Waals surface area (Å²) in [5.74, 6) is 0.716. The number of aromatic nitrogens is 4. The molecular weight excluding hydrogens is 306 g/mol. The number of ether oxygens (including phenoxy) is 1. The summed E-state index contributed by atoms with van der Waals surface area (Å²) >= 11 is 0. The second-order valence-electron chi connectivity index (χ2n) is 7.33. The number of carbonyl (C=O) groups excluding carboxylic acids is 1. The van der Waals surface area contributed by atoms with E-state index < -0.39 is 0 Å². The van der Waals surface area contributed by atoms with Crippen molar-refractivity contribution in [1.29, 1.82) is 0 Å². The highest BCUT2D eigenvalue weighted by Gasteiger charge is 2.40. The standard InChI is InChI=1S/C17H23N5O2/c1-12(2)14-8-13(20-16-18-11-19-22(14)16)15(23)21-6-3-4-17(9-21)5-7-24-10-17/h8,11-12H,3-7,9-10H2,1-2H3/t17-/m0/s1. The fourth-order valence-corrected chi connectivity index (χ4v) is 3.87. The third kappa shape index (κ3) is 2.56. The van der Waals surface area contributed by atoms with Crippen LogP contribution >= 0.6 is 0 Å². The number of piperidine rings is 1. The average Bonchev–Trinajstić information content (AvgIpc) is 3.22. The molecular formula is C17H23N5O2. The van der Waals surface area contributed by atoms with Crippen molar-refractivity contribution in [3.05, 3.63) is 23.8 Å². The zero-order chi connectivity index (χ0) is 16.7. The average molecular weight is 329 g/mol. The second kappa shape index (κ2) is 5.81. The summed E-state index contributed by atoms with van der Waals surface area (Å²) in [5.41, 5.74) is 1.57. The summed E-state index contributed by atoms with van der Waals surface area (Å²) in [5, 5.41) is 4.21. The van der Waals surface area contributed by atoms with Crippen molar-refractivity contribution in [2.24, 2.45) is 5.41 Å². The number of hydrogen-bond donors (Lipinski definition) is 0. The van der Waals surface area contributed by atoms with E-state index in [4.69, 9.17) is 4.74 Å². The Balaban J connectivity index is 1.65. The van der Waals surface area contributed by atoms with Gasteiger partial charge in [0.1, 0.15) is 12.0 Å². The van der Waals surface area contributed by atoms with Crippen LogP contribution in [0.2, 0.25) is 0 Å². The van der Waals surface area contributed by atoms with E-state index in [9.17, 15) is 4.79 Å². The smallest absolute Gasteiger partial charge is 0.272 e. The van der Waals surface area contributed by atoms with Gasteiger partial charge >= 0.3 is 0 Å². The van der Waals surface area contributed by atoms with Crippen LogP contribution in [0.3, 0.4) is 0 Å². The SMILES string of the molecule is CC(C)c1cc(C(=O)N2CCC[C@]3(CCOC3)C2)nc2ncnn12. The molecule has 1 spiro atoms. The molecule has 2 aliphatic heterocycles. The van der Waals surface area contributed by atoms with Gasteiger partial charge in [0.15, 0.2) is 0 Å². The number of amides is 1. The molecule has 2 aliphatic rings. The lowest BCUT2D eigenvalue weighted by atomic mass is 9.79. The van der Waals surface area contributed by atoms with Gasteiger partial charge in [-0.2, -0.15) is 10.1 Å². The topological polar surface area (TPSA) is 72.6 Å². The summed E-state index contributed by atoms with van der Waals surface area (Å²) < 4.78 is 7.31. The van der Waals surface area contributed by atoms with E-state index in [0.717, 1.165) is 51.3 Å². The van der Waals surface area contributed by atoms with E-state index in [0.29, 0.717) is 11.5 Å². The van der Waals surface area contributed by atoms with Gasteiger partial charge in [-0.05, 0) is 31.2 Å². The van der Waals surface area contributed by atoms with Crippen molar-refractivity contribution in [1.82, 2.24) is 24.5 Å². The van der Waals surface area contributed by atoms with E-state index in [1.165, 1.54) is 6.33 Å². The van der Waals surface area contributed by atoms with Crippen LogP contribution < -0.4 is 0 Å². The number of hydrogen-bond acceptors (Lipinski definition) is 5. The molecule has 0 saturated carbocycles. The van der Waals surface area contributed by atoms with Crippen molar-refractivity contribution in [3.8, 4) is 0 Å². The molecule has 2 saturated heterocycles. The van der Waals surface area contributed by atoms with Crippen LogP contribution in [0, 0.1) is 5.41 Å². The second-order valence-corrected chi connectivity index (χ2v) is 7.33. The van der Waals surface area contributed by atoms with Crippen molar-refractivity contribution in [2.75, 3.05) is 26.3 Å². The minimum absolute atomic E-state index is 0.00613. The third-order valence-electron chi connectivity index (χ3n) is 5.22. The van der Waals surface area contributed by atoms with E-state index in [-0.39, 0.29) is 17.2 Å². The summed E-state index contributed by atoms with van der Waals surface area (Å²) in [6.07, 6.45) is 4.70. The number of fused-ring (bicyclic) bond motifs is 1. The van der Waals surface area contributed by atoms with Gasteiger partial charge in [0.05, 0.1) is 12.3 Å². The molecule has 4 rings (SSSR count). The molecule has 1 atom stereocenters. The summed E-state index contributed by atoms with van der Waals surface area (Å²) in [6.45, 7) is 7.29. The summed E-state index contributed by atoms with van der Waals surface area (Å²) in [4.78, 5) is 23.6. The first-order valence-corrected chi connectivity index (χ1v) is 8.66. The van der Waals surface area contributed by atoms with Crippen LogP contribution in [-0.4, -0.2) is 56.7 Å². The molecule has 4 heterocycles. The number of rotatable bonds is 2. The molecule has 7 heteroatoms. The van der Waals surface area contributed by atoms with Crippen LogP contribution in [0.4, 0.5) is 0 Å². The molecule has 1 amide bonds. The Morgan fingerprint density at radius 1 is 1.38 bits per heavy atom. The van der Waals surface area contributed by atoms with E-state index in [1.54, 1.807) is 4.52 Å². The lowest BCUT2D eigenvalue weighted by molar-refractivity contribution is 0.0457. The fourth-order valence-electron chi connectivity index (χ4n) is 3.87. The highest BCUT2D eigenvalue weighted by atomic mass is 16.5. The fraction of sp³-hybridized carbons (Fsp3) is 0.647. The monoisotopic (exact) mass is 329 g/mol. The summed E-state index contributed by atoms with van der Waals surface area (Å²) in [7, 11) is 0. The quantitative estimate of drug-likeness (QED) is 0.841. The molecule has 128 valence electrons. The normalized spacial score (nSPS) is 24.4. The predicted octanol–water partition coefficient (Wildman–Crippen LogP) is 1.89. The molecule has 24 heavy (non-hydrogen) atoms. The summed E-state index contributed by atoms with van der Waals surface area (Å²) in [6, 6.07) is 1.86. The van der Waals surface area contributed by atoms with Crippen LogP contribution in [-0.2, 0) is 4.74 Å².